The molecule has 1 saturated heterocycles. The molecule has 2 heteroatoms. The van der Waals surface area contributed by atoms with Crippen molar-refractivity contribution in [2.24, 2.45) is 5.41 Å². The summed E-state index contributed by atoms with van der Waals surface area (Å²) in [5.41, 5.74) is 0.117. The summed E-state index contributed by atoms with van der Waals surface area (Å²) >= 11 is 0. The van der Waals surface area contributed by atoms with E-state index in [-0.39, 0.29) is 11.5 Å². The van der Waals surface area contributed by atoms with Crippen LogP contribution in [0.25, 0.3) is 0 Å². The Morgan fingerprint density at radius 2 is 2.00 bits per heavy atom. The van der Waals surface area contributed by atoms with Gasteiger partial charge in [-0.1, -0.05) is 33.1 Å². The van der Waals surface area contributed by atoms with Crippen LogP contribution >= 0.6 is 0 Å². The normalized spacial score (nSPS) is 22.4. The van der Waals surface area contributed by atoms with E-state index in [1.165, 1.54) is 12.8 Å². The third-order valence-corrected chi connectivity index (χ3v) is 3.08. The first-order valence-corrected chi connectivity index (χ1v) is 5.51. The molecule has 1 aliphatic rings. The average molecular weight is 186 g/mol. The maximum Gasteiger partial charge on any atom is 0.0640 e. The van der Waals surface area contributed by atoms with Crippen LogP contribution in [0.2, 0.25) is 0 Å². The van der Waals surface area contributed by atoms with Gasteiger partial charge >= 0.3 is 0 Å². The molecule has 1 rings (SSSR count). The summed E-state index contributed by atoms with van der Waals surface area (Å²) in [4.78, 5) is 0. The zero-order valence-corrected chi connectivity index (χ0v) is 8.88. The summed E-state index contributed by atoms with van der Waals surface area (Å²) in [6, 6.07) is 0. The van der Waals surface area contributed by atoms with Crippen molar-refractivity contribution in [3.63, 3.8) is 0 Å². The summed E-state index contributed by atoms with van der Waals surface area (Å²) in [6.45, 7) is 5.86. The second kappa shape index (κ2) is 4.97. The molecule has 0 aliphatic carbocycles. The lowest BCUT2D eigenvalue weighted by Crippen LogP contribution is -2.51. The Labute approximate surface area is 81.3 Å². The van der Waals surface area contributed by atoms with E-state index in [4.69, 9.17) is 4.74 Å². The van der Waals surface area contributed by atoms with Gasteiger partial charge in [0.2, 0.25) is 0 Å². The molecular formula is C11H22O2. The van der Waals surface area contributed by atoms with Crippen molar-refractivity contribution < 1.29 is 9.84 Å². The largest absolute Gasteiger partial charge is 0.392 e. The first-order chi connectivity index (χ1) is 6.25. The molecule has 1 N–H and O–H groups in total. The highest BCUT2D eigenvalue weighted by Crippen LogP contribution is 2.38. The van der Waals surface area contributed by atoms with Gasteiger partial charge in [0.15, 0.2) is 0 Å². The van der Waals surface area contributed by atoms with E-state index in [0.29, 0.717) is 0 Å². The summed E-state index contributed by atoms with van der Waals surface area (Å²) in [6.07, 6.45) is 5.40. The van der Waals surface area contributed by atoms with Gasteiger partial charge < -0.3 is 9.84 Å². The number of hydrogen-bond donors (Lipinski definition) is 1. The predicted octanol–water partition coefficient (Wildman–Crippen LogP) is 2.35. The fraction of sp³-hybridized carbons (Fsp3) is 1.00. The van der Waals surface area contributed by atoms with E-state index >= 15 is 0 Å². The van der Waals surface area contributed by atoms with Gasteiger partial charge in [-0.25, -0.2) is 0 Å². The van der Waals surface area contributed by atoms with Gasteiger partial charge in [-0.05, 0) is 12.8 Å². The third kappa shape index (κ3) is 2.44. The molecule has 1 aliphatic heterocycles. The SMILES string of the molecule is CCCCC1(C(O)CCC)COC1. The monoisotopic (exact) mass is 186 g/mol. The fourth-order valence-electron chi connectivity index (χ4n) is 1.98. The summed E-state index contributed by atoms with van der Waals surface area (Å²) in [5.74, 6) is 0. The van der Waals surface area contributed by atoms with Crippen molar-refractivity contribution in [2.75, 3.05) is 13.2 Å². The number of aliphatic hydroxyl groups excluding tert-OH is 1. The van der Waals surface area contributed by atoms with Crippen molar-refractivity contribution in [2.45, 2.75) is 52.1 Å². The smallest absolute Gasteiger partial charge is 0.0640 e. The zero-order valence-electron chi connectivity index (χ0n) is 8.88. The second-order valence-electron chi connectivity index (χ2n) is 4.26. The van der Waals surface area contributed by atoms with Crippen molar-refractivity contribution in [1.29, 1.82) is 0 Å². The Bertz CT molecular complexity index is 141. The van der Waals surface area contributed by atoms with Gasteiger partial charge in [-0.15, -0.1) is 0 Å². The Balaban J connectivity index is 2.38. The molecule has 1 heterocycles. The third-order valence-electron chi connectivity index (χ3n) is 3.08. The Morgan fingerprint density at radius 1 is 1.31 bits per heavy atom. The van der Waals surface area contributed by atoms with Crippen LogP contribution in [0.4, 0.5) is 0 Å². The van der Waals surface area contributed by atoms with Gasteiger partial charge in [0, 0.05) is 5.41 Å². The minimum Gasteiger partial charge on any atom is -0.392 e. The molecule has 78 valence electrons. The molecule has 0 aromatic carbocycles. The van der Waals surface area contributed by atoms with Crippen LogP contribution in [0, 0.1) is 5.41 Å². The second-order valence-corrected chi connectivity index (χ2v) is 4.26. The van der Waals surface area contributed by atoms with E-state index in [2.05, 4.69) is 13.8 Å². The minimum absolute atomic E-state index is 0.117. The zero-order chi connectivity index (χ0) is 9.73. The van der Waals surface area contributed by atoms with Crippen molar-refractivity contribution >= 4 is 0 Å². The summed E-state index contributed by atoms with van der Waals surface area (Å²) < 4.78 is 5.24. The van der Waals surface area contributed by atoms with Crippen LogP contribution in [-0.4, -0.2) is 24.4 Å². The Kier molecular flexibility index (Phi) is 4.20. The van der Waals surface area contributed by atoms with Crippen LogP contribution in [0.15, 0.2) is 0 Å². The molecule has 0 aromatic rings. The van der Waals surface area contributed by atoms with Crippen molar-refractivity contribution in [3.05, 3.63) is 0 Å². The van der Waals surface area contributed by atoms with Gasteiger partial charge in [0.05, 0.1) is 19.3 Å². The molecule has 0 saturated carbocycles. The Hall–Kier alpha value is -0.0800. The summed E-state index contributed by atoms with van der Waals surface area (Å²) in [7, 11) is 0. The summed E-state index contributed by atoms with van der Waals surface area (Å²) in [5, 5.41) is 9.97. The van der Waals surface area contributed by atoms with Crippen molar-refractivity contribution in [1.82, 2.24) is 0 Å². The van der Waals surface area contributed by atoms with Crippen molar-refractivity contribution in [3.8, 4) is 0 Å². The van der Waals surface area contributed by atoms with E-state index in [9.17, 15) is 5.11 Å². The lowest BCUT2D eigenvalue weighted by atomic mass is 9.74. The lowest BCUT2D eigenvalue weighted by molar-refractivity contribution is -0.177. The maximum atomic E-state index is 9.97. The molecule has 13 heavy (non-hydrogen) atoms. The average Bonchev–Trinajstić information content (AvgIpc) is 2.03. The number of unbranched alkanes of at least 4 members (excludes halogenated alkanes) is 1. The van der Waals surface area contributed by atoms with E-state index in [0.717, 1.165) is 32.5 Å². The van der Waals surface area contributed by atoms with Crippen LogP contribution < -0.4 is 0 Å². The van der Waals surface area contributed by atoms with Crippen LogP contribution in [-0.2, 0) is 4.74 Å². The van der Waals surface area contributed by atoms with E-state index in [1.807, 2.05) is 0 Å². The van der Waals surface area contributed by atoms with Gasteiger partial charge in [-0.3, -0.25) is 0 Å². The van der Waals surface area contributed by atoms with Gasteiger partial charge in [0.1, 0.15) is 0 Å². The molecular weight excluding hydrogens is 164 g/mol. The number of ether oxygens (including phenoxy) is 1. The number of rotatable bonds is 6. The fourth-order valence-corrected chi connectivity index (χ4v) is 1.98. The Morgan fingerprint density at radius 3 is 2.38 bits per heavy atom. The molecule has 1 atom stereocenters. The lowest BCUT2D eigenvalue weighted by Gasteiger charge is -2.45. The molecule has 1 unspecified atom stereocenters. The first kappa shape index (κ1) is 11.0. The number of hydrogen-bond acceptors (Lipinski definition) is 2. The van der Waals surface area contributed by atoms with Gasteiger partial charge in [-0.2, -0.15) is 0 Å². The molecule has 0 bridgehead atoms. The molecule has 1 fully saturated rings. The van der Waals surface area contributed by atoms with Crippen LogP contribution in [0.1, 0.15) is 46.0 Å². The highest BCUT2D eigenvalue weighted by molar-refractivity contribution is 4.91. The van der Waals surface area contributed by atoms with Crippen LogP contribution in [0.3, 0.4) is 0 Å². The quantitative estimate of drug-likeness (QED) is 0.690. The number of aliphatic hydroxyl groups is 1. The van der Waals surface area contributed by atoms with Gasteiger partial charge in [0.25, 0.3) is 0 Å². The topological polar surface area (TPSA) is 29.5 Å². The highest BCUT2D eigenvalue weighted by atomic mass is 16.5. The highest BCUT2D eigenvalue weighted by Gasteiger charge is 2.43. The van der Waals surface area contributed by atoms with E-state index in [1.54, 1.807) is 0 Å². The minimum atomic E-state index is -0.141. The standard InChI is InChI=1S/C11H22O2/c1-3-5-7-11(8-13-9-11)10(12)6-4-2/h10,12H,3-9H2,1-2H3. The molecule has 2 nitrogen and oxygen atoms in total. The van der Waals surface area contributed by atoms with Crippen LogP contribution in [0.5, 0.6) is 0 Å². The molecule has 0 amide bonds. The molecule has 0 aromatic heterocycles. The van der Waals surface area contributed by atoms with E-state index < -0.39 is 0 Å². The molecule has 0 radical (unpaired) electrons. The molecule has 0 spiro atoms. The first-order valence-electron chi connectivity index (χ1n) is 5.51. The predicted molar refractivity (Wildman–Crippen MR) is 53.7 cm³/mol. The maximum absolute atomic E-state index is 9.97.